The molecule has 0 unspecified atom stereocenters. The molecule has 4 nitrogen and oxygen atoms in total. The lowest BCUT2D eigenvalue weighted by Gasteiger charge is -2.06. The Kier molecular flexibility index (Phi) is 7.18. The van der Waals surface area contributed by atoms with Crippen molar-refractivity contribution in [1.29, 1.82) is 0 Å². The van der Waals surface area contributed by atoms with Crippen molar-refractivity contribution in [2.24, 2.45) is 0 Å². The Morgan fingerprint density at radius 2 is 2.16 bits per heavy atom. The van der Waals surface area contributed by atoms with Gasteiger partial charge in [0, 0.05) is 5.38 Å². The van der Waals surface area contributed by atoms with Crippen LogP contribution in [-0.2, 0) is 9.53 Å². The number of rotatable bonds is 8. The molecule has 19 heavy (non-hydrogen) atoms. The maximum absolute atomic E-state index is 12.1. The molecule has 0 aliphatic heterocycles. The van der Waals surface area contributed by atoms with E-state index in [4.69, 9.17) is 10.5 Å². The zero-order valence-corrected chi connectivity index (χ0v) is 12.5. The van der Waals surface area contributed by atoms with Gasteiger partial charge >= 0.3 is 5.97 Å². The third-order valence-corrected chi connectivity index (χ3v) is 3.33. The van der Waals surface area contributed by atoms with Gasteiger partial charge in [-0.05, 0) is 12.8 Å². The number of aromatic nitrogens is 1. The molecule has 1 rings (SSSR count). The van der Waals surface area contributed by atoms with E-state index in [9.17, 15) is 4.79 Å². The first-order chi connectivity index (χ1) is 9.19. The molecule has 0 radical (unpaired) electrons. The van der Waals surface area contributed by atoms with Crippen molar-refractivity contribution in [2.45, 2.75) is 46.0 Å². The summed E-state index contributed by atoms with van der Waals surface area (Å²) in [5.74, 6) is -0.296. The number of esters is 1. The zero-order valence-electron chi connectivity index (χ0n) is 11.6. The molecule has 106 valence electrons. The van der Waals surface area contributed by atoms with Crippen molar-refractivity contribution in [3.63, 3.8) is 0 Å². The predicted molar refractivity (Wildman–Crippen MR) is 79.9 cm³/mol. The minimum Gasteiger partial charge on any atom is -0.462 e. The molecule has 0 spiro atoms. The molecule has 0 saturated carbocycles. The normalized spacial score (nSPS) is 11.6. The van der Waals surface area contributed by atoms with Crippen LogP contribution in [0.2, 0.25) is 0 Å². The van der Waals surface area contributed by atoms with E-state index in [1.54, 1.807) is 5.38 Å². The Morgan fingerprint density at radius 3 is 2.74 bits per heavy atom. The highest BCUT2D eigenvalue weighted by molar-refractivity contribution is 7.13. The van der Waals surface area contributed by atoms with E-state index in [0.29, 0.717) is 23.0 Å². The van der Waals surface area contributed by atoms with Crippen molar-refractivity contribution >= 4 is 28.0 Å². The summed E-state index contributed by atoms with van der Waals surface area (Å²) in [5.41, 5.74) is 6.79. The van der Waals surface area contributed by atoms with Gasteiger partial charge in [0.05, 0.1) is 17.9 Å². The lowest BCUT2D eigenvalue weighted by Crippen LogP contribution is -2.09. The summed E-state index contributed by atoms with van der Waals surface area (Å²) >= 11 is 1.34. The molecule has 0 aliphatic carbocycles. The molecule has 0 saturated heterocycles. The summed E-state index contributed by atoms with van der Waals surface area (Å²) in [7, 11) is 0. The second-order valence-corrected chi connectivity index (χ2v) is 5.21. The van der Waals surface area contributed by atoms with Crippen LogP contribution in [0.5, 0.6) is 0 Å². The van der Waals surface area contributed by atoms with E-state index in [-0.39, 0.29) is 5.97 Å². The van der Waals surface area contributed by atoms with E-state index in [1.165, 1.54) is 11.3 Å². The third-order valence-electron chi connectivity index (χ3n) is 2.65. The number of carbonyl (C=O) groups is 1. The van der Waals surface area contributed by atoms with Gasteiger partial charge in [0.2, 0.25) is 0 Å². The molecular formula is C14H22N2O2S. The summed E-state index contributed by atoms with van der Waals surface area (Å²) < 4.78 is 5.26. The van der Waals surface area contributed by atoms with Gasteiger partial charge in [-0.2, -0.15) is 0 Å². The van der Waals surface area contributed by atoms with Crippen molar-refractivity contribution < 1.29 is 9.53 Å². The fraction of sp³-hybridized carbons (Fsp3) is 0.571. The minimum atomic E-state index is -0.296. The summed E-state index contributed by atoms with van der Waals surface area (Å²) in [4.78, 5) is 16.2. The number of nitrogens with two attached hydrogens (primary N) is 1. The van der Waals surface area contributed by atoms with Gasteiger partial charge in [-0.25, -0.2) is 9.78 Å². The Labute approximate surface area is 118 Å². The number of anilines is 1. The molecule has 0 atom stereocenters. The third kappa shape index (κ3) is 5.42. The van der Waals surface area contributed by atoms with E-state index in [1.807, 2.05) is 6.08 Å². The second-order valence-electron chi connectivity index (χ2n) is 4.32. The lowest BCUT2D eigenvalue weighted by atomic mass is 10.1. The van der Waals surface area contributed by atoms with E-state index in [0.717, 1.165) is 32.1 Å². The highest BCUT2D eigenvalue weighted by atomic mass is 32.1. The smallest absolute Gasteiger partial charge is 0.340 e. The standard InChI is InChI=1S/C14H22N2O2S/c1-3-5-7-8-11(12-10-19-14(15)16-12)13(17)18-9-6-4-2/h8,10H,3-7,9H2,1-2H3,(H2,15,16)/b11-8-. The minimum absolute atomic E-state index is 0.296. The van der Waals surface area contributed by atoms with Crippen LogP contribution in [0.1, 0.15) is 51.6 Å². The Hall–Kier alpha value is -1.36. The van der Waals surface area contributed by atoms with Crippen LogP contribution in [0, 0.1) is 0 Å². The van der Waals surface area contributed by atoms with Crippen LogP contribution < -0.4 is 5.73 Å². The molecule has 0 aliphatic rings. The maximum atomic E-state index is 12.1. The molecule has 5 heteroatoms. The van der Waals surface area contributed by atoms with Gasteiger partial charge in [-0.3, -0.25) is 0 Å². The lowest BCUT2D eigenvalue weighted by molar-refractivity contribution is -0.136. The molecule has 2 N–H and O–H groups in total. The number of hydrogen-bond donors (Lipinski definition) is 1. The number of hydrogen-bond acceptors (Lipinski definition) is 5. The predicted octanol–water partition coefficient (Wildman–Crippen LogP) is 3.64. The molecule has 0 fully saturated rings. The number of nitrogen functional groups attached to an aromatic ring is 1. The van der Waals surface area contributed by atoms with E-state index < -0.39 is 0 Å². The molecular weight excluding hydrogens is 260 g/mol. The van der Waals surface area contributed by atoms with Crippen LogP contribution in [0.4, 0.5) is 5.13 Å². The molecule has 1 heterocycles. The van der Waals surface area contributed by atoms with Crippen LogP contribution >= 0.6 is 11.3 Å². The number of ether oxygens (including phenoxy) is 1. The maximum Gasteiger partial charge on any atom is 0.340 e. The average Bonchev–Trinajstić information content (AvgIpc) is 2.81. The monoisotopic (exact) mass is 282 g/mol. The topological polar surface area (TPSA) is 65.2 Å². The van der Waals surface area contributed by atoms with Crippen molar-refractivity contribution in [3.8, 4) is 0 Å². The Balaban J connectivity index is 2.74. The average molecular weight is 282 g/mol. The van der Waals surface area contributed by atoms with Gasteiger partial charge in [0.15, 0.2) is 5.13 Å². The largest absolute Gasteiger partial charge is 0.462 e. The van der Waals surface area contributed by atoms with Gasteiger partial charge < -0.3 is 10.5 Å². The van der Waals surface area contributed by atoms with Crippen LogP contribution in [0.25, 0.3) is 5.57 Å². The second kappa shape index (κ2) is 8.69. The van der Waals surface area contributed by atoms with Crippen molar-refractivity contribution in [1.82, 2.24) is 4.98 Å². The zero-order chi connectivity index (χ0) is 14.1. The fourth-order valence-electron chi connectivity index (χ4n) is 1.54. The molecule has 0 amide bonds. The van der Waals surface area contributed by atoms with E-state index >= 15 is 0 Å². The molecule has 0 bridgehead atoms. The highest BCUT2D eigenvalue weighted by Crippen LogP contribution is 2.21. The fourth-order valence-corrected chi connectivity index (χ4v) is 2.10. The highest BCUT2D eigenvalue weighted by Gasteiger charge is 2.16. The van der Waals surface area contributed by atoms with Gasteiger partial charge in [-0.1, -0.05) is 39.2 Å². The first kappa shape index (κ1) is 15.7. The number of nitrogens with zero attached hydrogens (tertiary/aromatic N) is 1. The molecule has 0 aromatic carbocycles. The number of allylic oxidation sites excluding steroid dienone is 1. The first-order valence-corrected chi connectivity index (χ1v) is 7.65. The molecule has 1 aromatic rings. The Morgan fingerprint density at radius 1 is 1.42 bits per heavy atom. The Bertz CT molecular complexity index is 427. The molecule has 1 aromatic heterocycles. The van der Waals surface area contributed by atoms with Crippen LogP contribution in [0.15, 0.2) is 11.5 Å². The summed E-state index contributed by atoms with van der Waals surface area (Å²) in [6.45, 7) is 4.64. The van der Waals surface area contributed by atoms with Crippen molar-refractivity contribution in [2.75, 3.05) is 12.3 Å². The van der Waals surface area contributed by atoms with E-state index in [2.05, 4.69) is 18.8 Å². The van der Waals surface area contributed by atoms with Gasteiger partial charge in [0.1, 0.15) is 0 Å². The summed E-state index contributed by atoms with van der Waals surface area (Å²) in [6.07, 6.45) is 6.79. The number of carbonyl (C=O) groups excluding carboxylic acids is 1. The van der Waals surface area contributed by atoms with Crippen LogP contribution in [0.3, 0.4) is 0 Å². The summed E-state index contributed by atoms with van der Waals surface area (Å²) in [6, 6.07) is 0. The van der Waals surface area contributed by atoms with Gasteiger partial charge in [-0.15, -0.1) is 11.3 Å². The summed E-state index contributed by atoms with van der Waals surface area (Å²) in [5, 5.41) is 2.27. The van der Waals surface area contributed by atoms with Gasteiger partial charge in [0.25, 0.3) is 0 Å². The number of unbranched alkanes of at least 4 members (excludes halogenated alkanes) is 3. The SMILES string of the molecule is CCCC/C=C(\C(=O)OCCCC)c1csc(N)n1. The van der Waals surface area contributed by atoms with Crippen molar-refractivity contribution in [3.05, 3.63) is 17.2 Å². The number of thiazole rings is 1. The first-order valence-electron chi connectivity index (χ1n) is 6.77. The van der Waals surface area contributed by atoms with Crippen LogP contribution in [-0.4, -0.2) is 17.6 Å². The quantitative estimate of drug-likeness (QED) is 0.449.